The van der Waals surface area contributed by atoms with Gasteiger partial charge in [0.15, 0.2) is 11.5 Å². The lowest BCUT2D eigenvalue weighted by molar-refractivity contribution is -0.123. The van der Waals surface area contributed by atoms with E-state index in [2.05, 4.69) is 10.6 Å². The lowest BCUT2D eigenvalue weighted by Crippen LogP contribution is -2.43. The van der Waals surface area contributed by atoms with E-state index in [1.54, 1.807) is 6.07 Å². The van der Waals surface area contributed by atoms with E-state index in [4.69, 9.17) is 9.47 Å². The number of piperidine rings is 1. The highest BCUT2D eigenvalue weighted by Crippen LogP contribution is 2.32. The number of para-hydroxylation sites is 1. The molecule has 2 aliphatic rings. The number of carbonyl (C=O) groups excluding carboxylic acids is 2. The summed E-state index contributed by atoms with van der Waals surface area (Å²) in [7, 11) is 0. The van der Waals surface area contributed by atoms with Gasteiger partial charge < -0.3 is 20.1 Å². The molecule has 0 aromatic heterocycles. The predicted molar refractivity (Wildman–Crippen MR) is 115 cm³/mol. The lowest BCUT2D eigenvalue weighted by atomic mass is 9.97. The minimum absolute atomic E-state index is 0.00853. The highest BCUT2D eigenvalue weighted by Gasteiger charge is 2.27. The number of benzene rings is 2. The molecule has 2 aliphatic heterocycles. The Morgan fingerprint density at radius 3 is 2.57 bits per heavy atom. The summed E-state index contributed by atoms with van der Waals surface area (Å²) in [4.78, 5) is 27.2. The maximum atomic E-state index is 12.6. The number of rotatable bonds is 5. The van der Waals surface area contributed by atoms with Crippen LogP contribution in [0.3, 0.4) is 0 Å². The predicted octanol–water partition coefficient (Wildman–Crippen LogP) is 3.14. The van der Waals surface area contributed by atoms with Crippen LogP contribution in [0.5, 0.6) is 11.5 Å². The van der Waals surface area contributed by atoms with Crippen LogP contribution in [0.15, 0.2) is 48.5 Å². The summed E-state index contributed by atoms with van der Waals surface area (Å²) < 4.78 is 11.3. The zero-order chi connectivity index (χ0) is 20.8. The van der Waals surface area contributed by atoms with Crippen LogP contribution in [-0.4, -0.2) is 49.6 Å². The molecule has 1 unspecified atom stereocenters. The molecule has 2 amide bonds. The van der Waals surface area contributed by atoms with E-state index in [0.29, 0.717) is 36.9 Å². The Balaban J connectivity index is 1.30. The number of fused-ring (bicyclic) bond motifs is 1. The first-order valence-electron chi connectivity index (χ1n) is 10.4. The Morgan fingerprint density at radius 2 is 1.73 bits per heavy atom. The quantitative estimate of drug-likeness (QED) is 0.793. The SMILES string of the molecule is O=C(CN1CCCC(C(=O)Nc2ccccc2)C1)Nc1ccc2c(c1)OCCCO2. The fourth-order valence-electron chi connectivity index (χ4n) is 3.82. The van der Waals surface area contributed by atoms with Crippen LogP contribution < -0.4 is 20.1 Å². The Morgan fingerprint density at radius 1 is 0.933 bits per heavy atom. The van der Waals surface area contributed by atoms with Crippen LogP contribution in [0.4, 0.5) is 11.4 Å². The Hall–Kier alpha value is -3.06. The average Bonchev–Trinajstić information content (AvgIpc) is 2.99. The van der Waals surface area contributed by atoms with E-state index < -0.39 is 0 Å². The first-order chi connectivity index (χ1) is 14.7. The smallest absolute Gasteiger partial charge is 0.238 e. The van der Waals surface area contributed by atoms with Crippen molar-refractivity contribution in [3.8, 4) is 11.5 Å². The van der Waals surface area contributed by atoms with Crippen LogP contribution in [0.25, 0.3) is 0 Å². The fourth-order valence-corrected chi connectivity index (χ4v) is 3.82. The molecule has 2 heterocycles. The summed E-state index contributed by atoms with van der Waals surface area (Å²) in [5.41, 5.74) is 1.48. The molecule has 0 spiro atoms. The molecule has 0 bridgehead atoms. The molecular weight excluding hydrogens is 382 g/mol. The van der Waals surface area contributed by atoms with Gasteiger partial charge in [0.05, 0.1) is 25.7 Å². The van der Waals surface area contributed by atoms with Gasteiger partial charge in [-0.05, 0) is 43.7 Å². The number of nitrogens with zero attached hydrogens (tertiary/aromatic N) is 1. The molecule has 1 saturated heterocycles. The summed E-state index contributed by atoms with van der Waals surface area (Å²) in [6, 6.07) is 14.9. The number of hydrogen-bond acceptors (Lipinski definition) is 5. The van der Waals surface area contributed by atoms with E-state index in [9.17, 15) is 9.59 Å². The summed E-state index contributed by atoms with van der Waals surface area (Å²) in [6.45, 7) is 2.87. The highest BCUT2D eigenvalue weighted by molar-refractivity contribution is 5.94. The van der Waals surface area contributed by atoms with Gasteiger partial charge in [0.2, 0.25) is 11.8 Å². The molecule has 0 radical (unpaired) electrons. The molecule has 2 aromatic carbocycles. The normalized spacial score (nSPS) is 18.9. The average molecular weight is 409 g/mol. The minimum atomic E-state index is -0.121. The molecule has 7 heteroatoms. The summed E-state index contributed by atoms with van der Waals surface area (Å²) >= 11 is 0. The van der Waals surface area contributed by atoms with Gasteiger partial charge in [0.25, 0.3) is 0 Å². The third-order valence-corrected chi connectivity index (χ3v) is 5.32. The van der Waals surface area contributed by atoms with Crippen molar-refractivity contribution in [2.24, 2.45) is 5.92 Å². The van der Waals surface area contributed by atoms with Crippen LogP contribution >= 0.6 is 0 Å². The van der Waals surface area contributed by atoms with Crippen molar-refractivity contribution < 1.29 is 19.1 Å². The van der Waals surface area contributed by atoms with Crippen molar-refractivity contribution in [1.29, 1.82) is 0 Å². The van der Waals surface area contributed by atoms with Gasteiger partial charge in [-0.15, -0.1) is 0 Å². The van der Waals surface area contributed by atoms with Crippen LogP contribution in [0, 0.1) is 5.92 Å². The standard InChI is InChI=1S/C23H27N3O4/c27-22(24-19-9-10-20-21(14-19)30-13-5-12-29-20)16-26-11-4-6-17(15-26)23(28)25-18-7-2-1-3-8-18/h1-3,7-10,14,17H,4-6,11-13,15-16H2,(H,24,27)(H,25,28). The number of likely N-dealkylation sites (tertiary alicyclic amines) is 1. The maximum Gasteiger partial charge on any atom is 0.238 e. The molecule has 4 rings (SSSR count). The first-order valence-corrected chi connectivity index (χ1v) is 10.4. The fraction of sp³-hybridized carbons (Fsp3) is 0.391. The topological polar surface area (TPSA) is 79.9 Å². The molecular formula is C23H27N3O4. The summed E-state index contributed by atoms with van der Waals surface area (Å²) in [6.07, 6.45) is 2.56. The molecule has 7 nitrogen and oxygen atoms in total. The third-order valence-electron chi connectivity index (χ3n) is 5.32. The Bertz CT molecular complexity index is 887. The molecule has 0 saturated carbocycles. The lowest BCUT2D eigenvalue weighted by Gasteiger charge is -2.31. The number of anilines is 2. The van der Waals surface area contributed by atoms with E-state index in [1.807, 2.05) is 47.4 Å². The van der Waals surface area contributed by atoms with Gasteiger partial charge in [0, 0.05) is 30.4 Å². The van der Waals surface area contributed by atoms with Crippen molar-refractivity contribution in [3.05, 3.63) is 48.5 Å². The van der Waals surface area contributed by atoms with Gasteiger partial charge in [-0.2, -0.15) is 0 Å². The van der Waals surface area contributed by atoms with Gasteiger partial charge >= 0.3 is 0 Å². The molecule has 0 aliphatic carbocycles. The first kappa shape index (κ1) is 20.2. The van der Waals surface area contributed by atoms with Crippen LogP contribution in [0.1, 0.15) is 19.3 Å². The largest absolute Gasteiger partial charge is 0.490 e. The van der Waals surface area contributed by atoms with E-state index in [-0.39, 0.29) is 24.3 Å². The van der Waals surface area contributed by atoms with E-state index in [0.717, 1.165) is 31.5 Å². The molecule has 2 aromatic rings. The molecule has 1 fully saturated rings. The number of ether oxygens (including phenoxy) is 2. The van der Waals surface area contributed by atoms with Gasteiger partial charge in [0.1, 0.15) is 0 Å². The number of nitrogens with one attached hydrogen (secondary N) is 2. The minimum Gasteiger partial charge on any atom is -0.490 e. The van der Waals surface area contributed by atoms with E-state index in [1.165, 1.54) is 0 Å². The van der Waals surface area contributed by atoms with Crippen LogP contribution in [-0.2, 0) is 9.59 Å². The van der Waals surface area contributed by atoms with Gasteiger partial charge in [-0.25, -0.2) is 0 Å². The highest BCUT2D eigenvalue weighted by atomic mass is 16.5. The summed E-state index contributed by atoms with van der Waals surface area (Å²) in [5, 5.41) is 5.89. The third kappa shape index (κ3) is 5.30. The summed E-state index contributed by atoms with van der Waals surface area (Å²) in [5.74, 6) is 1.14. The van der Waals surface area contributed by atoms with Crippen molar-refractivity contribution in [2.75, 3.05) is 43.5 Å². The second-order valence-electron chi connectivity index (χ2n) is 7.69. The number of hydrogen-bond donors (Lipinski definition) is 2. The monoisotopic (exact) mass is 409 g/mol. The number of amides is 2. The maximum absolute atomic E-state index is 12.6. The van der Waals surface area contributed by atoms with Crippen molar-refractivity contribution in [2.45, 2.75) is 19.3 Å². The zero-order valence-corrected chi connectivity index (χ0v) is 16.9. The molecule has 158 valence electrons. The molecule has 2 N–H and O–H groups in total. The molecule has 30 heavy (non-hydrogen) atoms. The number of carbonyl (C=O) groups is 2. The van der Waals surface area contributed by atoms with Crippen molar-refractivity contribution >= 4 is 23.2 Å². The van der Waals surface area contributed by atoms with Crippen LogP contribution in [0.2, 0.25) is 0 Å². The van der Waals surface area contributed by atoms with E-state index >= 15 is 0 Å². The van der Waals surface area contributed by atoms with Crippen molar-refractivity contribution in [1.82, 2.24) is 4.90 Å². The second kappa shape index (κ2) is 9.63. The van der Waals surface area contributed by atoms with Gasteiger partial charge in [-0.1, -0.05) is 18.2 Å². The zero-order valence-electron chi connectivity index (χ0n) is 16.9. The Labute approximate surface area is 176 Å². The Kier molecular flexibility index (Phi) is 6.49. The van der Waals surface area contributed by atoms with Crippen molar-refractivity contribution in [3.63, 3.8) is 0 Å². The second-order valence-corrected chi connectivity index (χ2v) is 7.69. The van der Waals surface area contributed by atoms with Gasteiger partial charge in [-0.3, -0.25) is 14.5 Å². The molecule has 1 atom stereocenters.